The molecule has 3 fully saturated rings. The first-order valence-corrected chi connectivity index (χ1v) is 22.8. The second-order valence-electron chi connectivity index (χ2n) is 18.7. The lowest BCUT2D eigenvalue weighted by molar-refractivity contribution is -0.147. The van der Waals surface area contributed by atoms with E-state index in [2.05, 4.69) is 70.4 Å². The Hall–Kier alpha value is -3.33. The number of aromatic nitrogens is 4. The van der Waals surface area contributed by atoms with Crippen LogP contribution < -0.4 is 0 Å². The predicted octanol–water partition coefficient (Wildman–Crippen LogP) is 8.85. The number of likely N-dealkylation sites (tertiary alicyclic amines) is 2. The molecule has 0 amide bonds. The Kier molecular flexibility index (Phi) is 13.8. The third kappa shape index (κ3) is 9.20. The lowest BCUT2D eigenvalue weighted by Gasteiger charge is -2.38. The molecule has 0 spiro atoms. The summed E-state index contributed by atoms with van der Waals surface area (Å²) in [5, 5.41) is 5.96. The fourth-order valence-electron chi connectivity index (χ4n) is 10.1. The first-order valence-electron chi connectivity index (χ1n) is 22.0. The number of hydrogen-bond acceptors (Lipinski definition) is 11. The minimum Gasteiger partial charge on any atom is -0.468 e. The number of halogens is 2. The van der Waals surface area contributed by atoms with Gasteiger partial charge in [-0.15, -0.1) is 0 Å². The Morgan fingerprint density at radius 3 is 2.00 bits per heavy atom. The highest BCUT2D eigenvalue weighted by Gasteiger charge is 2.53. The number of carbonyl (C=O) groups is 2. The standard InChI is InChI=1S/C27H31Cl2N5O2.C19H32BNO4/c1-15-12-18(7-10-23(15)33-11-5-6-24(33)27(35)36-4)22-14-30-25-16(2)32-34(26(25)31-22)17(3)20-9-8-19(28)13-21(20)29;1-13-12-14(20-24-18(2,3)19(4,5)25-20)9-10-15(13)21-11-7-8-16(21)17(22)23-6/h7-9,13-15,17,23-24H,5-6,10-12H2,1-4H3;9,13,15-16H,7-8,10-12H2,1-6H3/t15?,17-,23?,24+;13?,15?,16-/m10/s1. The summed E-state index contributed by atoms with van der Waals surface area (Å²) in [6, 6.07) is 5.88. The summed E-state index contributed by atoms with van der Waals surface area (Å²) < 4.78 is 24.4. The second kappa shape index (κ2) is 18.4. The number of benzene rings is 1. The van der Waals surface area contributed by atoms with E-state index in [-0.39, 0.29) is 48.4 Å². The number of allylic oxidation sites excluding steroid dienone is 2. The zero-order chi connectivity index (χ0) is 44.0. The first kappa shape index (κ1) is 45.7. The maximum Gasteiger partial charge on any atom is 0.490 e. The minimum atomic E-state index is -0.302. The minimum absolute atomic E-state index is 0.0794. The van der Waals surface area contributed by atoms with Gasteiger partial charge in [0.2, 0.25) is 0 Å². The van der Waals surface area contributed by atoms with Crippen LogP contribution in [0.15, 0.2) is 42.0 Å². The molecule has 1 aromatic carbocycles. The number of methoxy groups -OCH3 is 2. The molecule has 4 unspecified atom stereocenters. The Morgan fingerprint density at radius 2 is 1.46 bits per heavy atom. The maximum atomic E-state index is 12.3. The fraction of sp³-hybridized carbons (Fsp3) is 0.630. The molecule has 5 aliphatic rings. The second-order valence-corrected chi connectivity index (χ2v) is 19.5. The van der Waals surface area contributed by atoms with Crippen molar-refractivity contribution < 1.29 is 28.4 Å². The molecule has 7 atom stereocenters. The lowest BCUT2D eigenvalue weighted by atomic mass is 9.68. The molecule has 15 heteroatoms. The van der Waals surface area contributed by atoms with Crippen molar-refractivity contribution in [1.29, 1.82) is 0 Å². The van der Waals surface area contributed by atoms with Gasteiger partial charge in [0.1, 0.15) is 17.6 Å². The van der Waals surface area contributed by atoms with Gasteiger partial charge in [0.05, 0.1) is 49.0 Å². The van der Waals surface area contributed by atoms with Gasteiger partial charge in [0.25, 0.3) is 0 Å². The molecule has 3 aliphatic heterocycles. The zero-order valence-electron chi connectivity index (χ0n) is 37.5. The number of nitrogens with zero attached hydrogens (tertiary/aromatic N) is 6. The molecule has 0 radical (unpaired) electrons. The van der Waals surface area contributed by atoms with Crippen LogP contribution in [0.4, 0.5) is 0 Å². The van der Waals surface area contributed by atoms with Gasteiger partial charge in [-0.1, -0.05) is 55.3 Å². The average molecular weight is 878 g/mol. The van der Waals surface area contributed by atoms with Gasteiger partial charge in [-0.2, -0.15) is 5.10 Å². The van der Waals surface area contributed by atoms with E-state index < -0.39 is 0 Å². The zero-order valence-corrected chi connectivity index (χ0v) is 39.1. The van der Waals surface area contributed by atoms with E-state index >= 15 is 0 Å². The number of ether oxygens (including phenoxy) is 2. The molecule has 8 rings (SSSR count). The molecule has 0 N–H and O–H groups in total. The Morgan fingerprint density at radius 1 is 0.885 bits per heavy atom. The topological polar surface area (TPSA) is 121 Å². The van der Waals surface area contributed by atoms with Crippen molar-refractivity contribution in [2.45, 2.75) is 148 Å². The summed E-state index contributed by atoms with van der Waals surface area (Å²) in [5.41, 5.74) is 5.98. The van der Waals surface area contributed by atoms with Gasteiger partial charge in [-0.25, -0.2) is 14.6 Å². The van der Waals surface area contributed by atoms with Gasteiger partial charge >= 0.3 is 19.1 Å². The van der Waals surface area contributed by atoms with Gasteiger partial charge < -0.3 is 18.8 Å². The molecular formula is C46H63BCl2N6O6. The van der Waals surface area contributed by atoms with Crippen LogP contribution in [0.25, 0.3) is 16.7 Å². The van der Waals surface area contributed by atoms with E-state index in [1.807, 2.05) is 29.9 Å². The third-order valence-corrected chi connectivity index (χ3v) is 14.8. The number of carbonyl (C=O) groups excluding carboxylic acids is 2. The van der Waals surface area contributed by atoms with Gasteiger partial charge in [0.15, 0.2) is 5.65 Å². The highest BCUT2D eigenvalue weighted by Crippen LogP contribution is 2.42. The molecule has 0 saturated carbocycles. The van der Waals surface area contributed by atoms with Gasteiger partial charge in [0, 0.05) is 22.1 Å². The Labute approximate surface area is 371 Å². The van der Waals surface area contributed by atoms with Crippen molar-refractivity contribution in [2.75, 3.05) is 27.3 Å². The molecule has 12 nitrogen and oxygen atoms in total. The monoisotopic (exact) mass is 876 g/mol. The number of esters is 2. The molecule has 330 valence electrons. The molecule has 61 heavy (non-hydrogen) atoms. The van der Waals surface area contributed by atoms with Gasteiger partial charge in [-0.3, -0.25) is 19.4 Å². The largest absolute Gasteiger partial charge is 0.490 e. The summed E-state index contributed by atoms with van der Waals surface area (Å²) >= 11 is 12.6. The van der Waals surface area contributed by atoms with Crippen LogP contribution in [0.5, 0.6) is 0 Å². The normalized spacial score (nSPS) is 28.2. The van der Waals surface area contributed by atoms with Crippen LogP contribution in [-0.2, 0) is 28.4 Å². The summed E-state index contributed by atoms with van der Waals surface area (Å²) in [4.78, 5) is 38.8. The molecule has 2 aliphatic carbocycles. The number of aryl methyl sites for hydroxylation is 1. The van der Waals surface area contributed by atoms with Gasteiger partial charge in [-0.05, 0) is 147 Å². The van der Waals surface area contributed by atoms with Crippen molar-refractivity contribution in [3.8, 4) is 0 Å². The number of rotatable bonds is 8. The summed E-state index contributed by atoms with van der Waals surface area (Å²) in [7, 11) is 2.71. The van der Waals surface area contributed by atoms with Crippen LogP contribution in [0.2, 0.25) is 10.0 Å². The quantitative estimate of drug-likeness (QED) is 0.159. The molecule has 5 heterocycles. The molecule has 3 aromatic rings. The van der Waals surface area contributed by atoms with E-state index in [0.29, 0.717) is 34.0 Å². The lowest BCUT2D eigenvalue weighted by Crippen LogP contribution is -2.48. The summed E-state index contributed by atoms with van der Waals surface area (Å²) in [6.07, 6.45) is 13.9. The van der Waals surface area contributed by atoms with E-state index in [0.717, 1.165) is 92.6 Å². The van der Waals surface area contributed by atoms with E-state index in [4.69, 9.17) is 57.1 Å². The molecule has 2 aromatic heterocycles. The van der Waals surface area contributed by atoms with Crippen molar-refractivity contribution in [1.82, 2.24) is 29.5 Å². The molecule has 0 bridgehead atoms. The van der Waals surface area contributed by atoms with Crippen LogP contribution in [0.3, 0.4) is 0 Å². The molecular weight excluding hydrogens is 814 g/mol. The fourth-order valence-corrected chi connectivity index (χ4v) is 10.6. The van der Waals surface area contributed by atoms with Crippen LogP contribution in [-0.4, -0.2) is 111 Å². The average Bonchev–Trinajstić information content (AvgIpc) is 4.02. The molecule has 3 saturated heterocycles. The summed E-state index contributed by atoms with van der Waals surface area (Å²) in [6.45, 7) is 18.8. The van der Waals surface area contributed by atoms with Crippen LogP contribution in [0, 0.1) is 18.8 Å². The van der Waals surface area contributed by atoms with E-state index in [9.17, 15) is 9.59 Å². The number of fused-ring (bicyclic) bond motifs is 1. The smallest absolute Gasteiger partial charge is 0.468 e. The highest BCUT2D eigenvalue weighted by molar-refractivity contribution is 6.54. The Balaban J connectivity index is 0.000000197. The summed E-state index contributed by atoms with van der Waals surface area (Å²) in [5.74, 6) is 0.630. The predicted molar refractivity (Wildman–Crippen MR) is 240 cm³/mol. The first-order chi connectivity index (χ1) is 28.9. The maximum absolute atomic E-state index is 12.3. The SMILES string of the molecule is COC(=O)[C@@H]1CCCN1C1CC=C(B2OC(C)(C)C(C)(C)O2)CC1C.COC(=O)[C@@H]1CCCN1C1CC=C(c2cnc3c(C)nn([C@H](C)c4ccc(Cl)cc4Cl)c3n2)CC1C. The van der Waals surface area contributed by atoms with Crippen molar-refractivity contribution >= 4 is 59.0 Å². The van der Waals surface area contributed by atoms with Crippen LogP contribution in [0.1, 0.15) is 123 Å². The van der Waals surface area contributed by atoms with Crippen molar-refractivity contribution in [3.05, 3.63) is 69.0 Å². The highest BCUT2D eigenvalue weighted by atomic mass is 35.5. The number of hydrogen-bond donors (Lipinski definition) is 0. The third-order valence-electron chi connectivity index (χ3n) is 14.3. The van der Waals surface area contributed by atoms with E-state index in [1.165, 1.54) is 25.3 Å². The van der Waals surface area contributed by atoms with Crippen molar-refractivity contribution in [2.24, 2.45) is 11.8 Å². The Bertz CT molecular complexity index is 2160. The van der Waals surface area contributed by atoms with E-state index in [1.54, 1.807) is 6.07 Å². The van der Waals surface area contributed by atoms with Crippen molar-refractivity contribution in [3.63, 3.8) is 0 Å². The van der Waals surface area contributed by atoms with Crippen LogP contribution >= 0.6 is 23.2 Å².